The number of benzene rings is 1. The van der Waals surface area contributed by atoms with E-state index in [-0.39, 0.29) is 23.8 Å². The largest absolute Gasteiger partial charge is 0.333 e. The zero-order chi connectivity index (χ0) is 19.0. The van der Waals surface area contributed by atoms with Crippen LogP contribution >= 0.6 is 0 Å². The smallest absolute Gasteiger partial charge is 0.255 e. The van der Waals surface area contributed by atoms with E-state index >= 15 is 0 Å². The maximum atomic E-state index is 13.8. The van der Waals surface area contributed by atoms with Gasteiger partial charge in [0.2, 0.25) is 0 Å². The van der Waals surface area contributed by atoms with E-state index in [0.29, 0.717) is 27.7 Å². The number of piperidine rings is 1. The summed E-state index contributed by atoms with van der Waals surface area (Å²) in [5, 5.41) is 0.659. The summed E-state index contributed by atoms with van der Waals surface area (Å²) in [6, 6.07) is 6.49. The minimum atomic E-state index is -0.380. The van der Waals surface area contributed by atoms with E-state index in [9.17, 15) is 9.18 Å². The number of pyridine rings is 1. The van der Waals surface area contributed by atoms with E-state index in [2.05, 4.69) is 28.8 Å². The van der Waals surface area contributed by atoms with Crippen LogP contribution in [0.4, 0.5) is 4.39 Å². The molecule has 0 saturated carbocycles. The van der Waals surface area contributed by atoms with Gasteiger partial charge in [-0.2, -0.15) is 0 Å². The number of hydrogen-bond donors (Lipinski definition) is 0. The molecule has 27 heavy (non-hydrogen) atoms. The van der Waals surface area contributed by atoms with Crippen molar-refractivity contribution in [1.82, 2.24) is 19.9 Å². The molecule has 4 rings (SSSR count). The first-order chi connectivity index (χ1) is 13.0. The third-order valence-corrected chi connectivity index (χ3v) is 5.29. The van der Waals surface area contributed by atoms with Crippen LogP contribution < -0.4 is 0 Å². The maximum absolute atomic E-state index is 13.8. The highest BCUT2D eigenvalue weighted by Gasteiger charge is 2.31. The van der Waals surface area contributed by atoms with Crippen molar-refractivity contribution < 1.29 is 9.18 Å². The van der Waals surface area contributed by atoms with E-state index in [1.165, 1.54) is 18.5 Å². The van der Waals surface area contributed by atoms with E-state index in [4.69, 9.17) is 0 Å². The highest BCUT2D eigenvalue weighted by atomic mass is 19.1. The van der Waals surface area contributed by atoms with Crippen LogP contribution in [-0.2, 0) is 0 Å². The average Bonchev–Trinajstić information content (AvgIpc) is 2.67. The first-order valence-corrected chi connectivity index (χ1v) is 9.23. The Hall–Kier alpha value is -2.89. The van der Waals surface area contributed by atoms with Gasteiger partial charge in [-0.05, 0) is 51.3 Å². The third-order valence-electron chi connectivity index (χ3n) is 5.29. The van der Waals surface area contributed by atoms with E-state index in [1.807, 2.05) is 4.90 Å². The second kappa shape index (κ2) is 7.02. The number of amides is 1. The topological polar surface area (TPSA) is 59.0 Å². The first-order valence-electron chi connectivity index (χ1n) is 9.23. The molecule has 0 N–H and O–H groups in total. The summed E-state index contributed by atoms with van der Waals surface area (Å²) in [6.07, 6.45) is 7.83. The van der Waals surface area contributed by atoms with Gasteiger partial charge in [-0.1, -0.05) is 0 Å². The average molecular weight is 364 g/mol. The van der Waals surface area contributed by atoms with Crippen LogP contribution in [0.25, 0.3) is 22.2 Å². The fraction of sp³-hybridized carbons (Fsp3) is 0.333. The zero-order valence-corrected chi connectivity index (χ0v) is 15.4. The zero-order valence-electron chi connectivity index (χ0n) is 15.4. The third kappa shape index (κ3) is 3.27. The van der Waals surface area contributed by atoms with Gasteiger partial charge in [0, 0.05) is 41.5 Å². The van der Waals surface area contributed by atoms with Crippen LogP contribution in [0.3, 0.4) is 0 Å². The quantitative estimate of drug-likeness (QED) is 0.683. The molecule has 1 aromatic carbocycles. The van der Waals surface area contributed by atoms with E-state index < -0.39 is 0 Å². The lowest BCUT2D eigenvalue weighted by atomic mass is 9.95. The monoisotopic (exact) mass is 364 g/mol. The van der Waals surface area contributed by atoms with Crippen molar-refractivity contribution in [3.05, 3.63) is 54.4 Å². The summed E-state index contributed by atoms with van der Waals surface area (Å²) in [6.45, 7) is 4.17. The van der Waals surface area contributed by atoms with E-state index in [0.717, 1.165) is 19.3 Å². The van der Waals surface area contributed by atoms with Gasteiger partial charge in [0.05, 0.1) is 16.8 Å². The standard InChI is InChI=1S/C21H21FN4O/c1-13-4-3-5-14(2)26(13)21(27)18-9-19(15-10-23-12-24-11-15)25-20-8-16(22)6-7-17(18)20/h6-14H,3-5H2,1-2H3/t13-,14+. The minimum Gasteiger partial charge on any atom is -0.333 e. The van der Waals surface area contributed by atoms with Gasteiger partial charge in [0.1, 0.15) is 12.1 Å². The fourth-order valence-corrected chi connectivity index (χ4v) is 3.92. The summed E-state index contributed by atoms with van der Waals surface area (Å²) in [5.41, 5.74) is 2.25. The van der Waals surface area contributed by atoms with Gasteiger partial charge in [-0.15, -0.1) is 0 Å². The van der Waals surface area contributed by atoms with Crippen molar-refractivity contribution in [1.29, 1.82) is 0 Å². The number of fused-ring (bicyclic) bond motifs is 1. The Morgan fingerprint density at radius 3 is 2.52 bits per heavy atom. The second-order valence-corrected chi connectivity index (χ2v) is 7.19. The summed E-state index contributed by atoms with van der Waals surface area (Å²) in [4.78, 5) is 28.0. The number of rotatable bonds is 2. The molecular weight excluding hydrogens is 343 g/mol. The minimum absolute atomic E-state index is 0.0354. The molecule has 138 valence electrons. The number of likely N-dealkylation sites (tertiary alicyclic amines) is 1. The number of halogens is 1. The lowest BCUT2D eigenvalue weighted by Gasteiger charge is -2.39. The predicted molar refractivity (Wildman–Crippen MR) is 102 cm³/mol. The van der Waals surface area contributed by atoms with Crippen molar-refractivity contribution in [2.45, 2.75) is 45.2 Å². The first kappa shape index (κ1) is 17.5. The summed E-state index contributed by atoms with van der Waals surface area (Å²) in [5.74, 6) is -0.415. The molecule has 0 radical (unpaired) electrons. The van der Waals surface area contributed by atoms with Gasteiger partial charge >= 0.3 is 0 Å². The fourth-order valence-electron chi connectivity index (χ4n) is 3.92. The number of carbonyl (C=O) groups is 1. The lowest BCUT2D eigenvalue weighted by Crippen LogP contribution is -2.47. The molecule has 0 unspecified atom stereocenters. The van der Waals surface area contributed by atoms with Crippen molar-refractivity contribution in [3.8, 4) is 11.3 Å². The Morgan fingerprint density at radius 1 is 1.11 bits per heavy atom. The predicted octanol–water partition coefficient (Wildman–Crippen LogP) is 4.23. The Morgan fingerprint density at radius 2 is 1.81 bits per heavy atom. The van der Waals surface area contributed by atoms with Gasteiger partial charge in [0.15, 0.2) is 0 Å². The van der Waals surface area contributed by atoms with Crippen LogP contribution in [0.2, 0.25) is 0 Å². The molecule has 0 spiro atoms. The van der Waals surface area contributed by atoms with Gasteiger partial charge in [0.25, 0.3) is 5.91 Å². The molecule has 2 atom stereocenters. The molecule has 1 aliphatic rings. The maximum Gasteiger partial charge on any atom is 0.255 e. The number of aromatic nitrogens is 3. The van der Waals surface area contributed by atoms with Gasteiger partial charge in [-0.25, -0.2) is 19.3 Å². The number of hydrogen-bond acceptors (Lipinski definition) is 4. The SMILES string of the molecule is C[C@@H]1CCC[C@H](C)N1C(=O)c1cc(-c2cncnc2)nc2cc(F)ccc12. The van der Waals surface area contributed by atoms with Crippen molar-refractivity contribution in [2.24, 2.45) is 0 Å². The molecule has 0 bridgehead atoms. The molecule has 1 aliphatic heterocycles. The van der Waals surface area contributed by atoms with Crippen LogP contribution in [0, 0.1) is 5.82 Å². The second-order valence-electron chi connectivity index (χ2n) is 7.19. The van der Waals surface area contributed by atoms with Crippen molar-refractivity contribution >= 4 is 16.8 Å². The highest BCUT2D eigenvalue weighted by Crippen LogP contribution is 2.30. The van der Waals surface area contributed by atoms with E-state index in [1.54, 1.807) is 24.5 Å². The van der Waals surface area contributed by atoms with Gasteiger partial charge in [-0.3, -0.25) is 4.79 Å². The summed E-state index contributed by atoms with van der Waals surface area (Å²) < 4.78 is 13.8. The van der Waals surface area contributed by atoms with Crippen LogP contribution in [0.1, 0.15) is 43.5 Å². The van der Waals surface area contributed by atoms with Crippen molar-refractivity contribution in [2.75, 3.05) is 0 Å². The molecule has 1 amide bonds. The number of carbonyl (C=O) groups excluding carboxylic acids is 1. The normalized spacial score (nSPS) is 20.0. The Balaban J connectivity index is 1.89. The molecule has 3 heterocycles. The Labute approximate surface area is 157 Å². The Kier molecular flexibility index (Phi) is 4.56. The van der Waals surface area contributed by atoms with Crippen LogP contribution in [-0.4, -0.2) is 37.8 Å². The molecule has 6 heteroatoms. The molecule has 2 aromatic heterocycles. The molecule has 1 saturated heterocycles. The molecular formula is C21H21FN4O. The Bertz CT molecular complexity index is 982. The summed E-state index contributed by atoms with van der Waals surface area (Å²) in [7, 11) is 0. The molecule has 1 fully saturated rings. The van der Waals surface area contributed by atoms with Crippen LogP contribution in [0.5, 0.6) is 0 Å². The van der Waals surface area contributed by atoms with Gasteiger partial charge < -0.3 is 4.90 Å². The number of nitrogens with zero attached hydrogens (tertiary/aromatic N) is 4. The van der Waals surface area contributed by atoms with Crippen molar-refractivity contribution in [3.63, 3.8) is 0 Å². The molecule has 3 aromatic rings. The summed E-state index contributed by atoms with van der Waals surface area (Å²) >= 11 is 0. The molecule has 0 aliphatic carbocycles. The lowest BCUT2D eigenvalue weighted by molar-refractivity contribution is 0.0513. The molecule has 5 nitrogen and oxygen atoms in total. The highest BCUT2D eigenvalue weighted by molar-refractivity contribution is 6.07. The van der Waals surface area contributed by atoms with Crippen LogP contribution in [0.15, 0.2) is 43.0 Å².